The molecule has 0 bridgehead atoms. The summed E-state index contributed by atoms with van der Waals surface area (Å²) in [5.41, 5.74) is 2.40. The summed E-state index contributed by atoms with van der Waals surface area (Å²) in [5.74, 6) is -0.713. The molecule has 2 aromatic rings. The van der Waals surface area contributed by atoms with Gasteiger partial charge in [-0.3, -0.25) is 0 Å². The van der Waals surface area contributed by atoms with Crippen LogP contribution in [0.15, 0.2) is 48.6 Å². The molecule has 5 atom stereocenters. The van der Waals surface area contributed by atoms with Gasteiger partial charge in [0.2, 0.25) is 0 Å². The number of aryl methyl sites for hydroxylation is 1. The van der Waals surface area contributed by atoms with Crippen molar-refractivity contribution >= 4 is 5.97 Å². The number of hydrogen-bond donors (Lipinski definition) is 3. The summed E-state index contributed by atoms with van der Waals surface area (Å²) in [6.45, 7) is 1.77. The summed E-state index contributed by atoms with van der Waals surface area (Å²) < 4.78 is 19.8. The molecule has 2 saturated carbocycles. The molecule has 3 aliphatic rings. The number of benzene rings is 2. The number of aliphatic hydroxyl groups is 2. The molecule has 2 aromatic carbocycles. The fourth-order valence-electron chi connectivity index (χ4n) is 6.21. The maximum Gasteiger partial charge on any atom is 0.336 e. The van der Waals surface area contributed by atoms with E-state index in [4.69, 9.17) is 4.74 Å². The second kappa shape index (κ2) is 8.82. The molecule has 5 nitrogen and oxygen atoms in total. The van der Waals surface area contributed by atoms with Gasteiger partial charge in [0.1, 0.15) is 17.7 Å². The summed E-state index contributed by atoms with van der Waals surface area (Å²) in [6, 6.07) is 9.87. The first-order valence-electron chi connectivity index (χ1n) is 12.1. The van der Waals surface area contributed by atoms with E-state index in [2.05, 4.69) is 0 Å². The fourth-order valence-corrected chi connectivity index (χ4v) is 6.21. The van der Waals surface area contributed by atoms with Crippen molar-refractivity contribution in [1.29, 1.82) is 0 Å². The number of carboxylic acids is 1. The molecule has 3 N–H and O–H groups in total. The molecule has 1 aliphatic heterocycles. The predicted molar refractivity (Wildman–Crippen MR) is 126 cm³/mol. The average Bonchev–Trinajstić information content (AvgIpc) is 2.94. The van der Waals surface area contributed by atoms with E-state index >= 15 is 0 Å². The average molecular weight is 467 g/mol. The van der Waals surface area contributed by atoms with Gasteiger partial charge in [-0.25, -0.2) is 9.18 Å². The Morgan fingerprint density at radius 2 is 1.94 bits per heavy atom. The minimum atomic E-state index is -0.975. The van der Waals surface area contributed by atoms with Crippen LogP contribution < -0.4 is 4.74 Å². The third-order valence-electron chi connectivity index (χ3n) is 8.37. The molecular weight excluding hydrogens is 435 g/mol. The molecule has 34 heavy (non-hydrogen) atoms. The van der Waals surface area contributed by atoms with Gasteiger partial charge >= 0.3 is 5.97 Å². The first kappa shape index (κ1) is 23.1. The van der Waals surface area contributed by atoms with Gasteiger partial charge in [0, 0.05) is 29.2 Å². The van der Waals surface area contributed by atoms with Gasteiger partial charge < -0.3 is 20.1 Å². The Balaban J connectivity index is 1.36. The van der Waals surface area contributed by atoms with Gasteiger partial charge in [-0.2, -0.15) is 0 Å². The molecule has 6 heteroatoms. The smallest absolute Gasteiger partial charge is 0.336 e. The number of hydrogen-bond acceptors (Lipinski definition) is 4. The zero-order valence-corrected chi connectivity index (χ0v) is 19.3. The molecule has 1 unspecified atom stereocenters. The molecule has 5 rings (SSSR count). The third kappa shape index (κ3) is 3.83. The van der Waals surface area contributed by atoms with Crippen LogP contribution in [0, 0.1) is 24.6 Å². The van der Waals surface area contributed by atoms with Crippen LogP contribution in [0.5, 0.6) is 5.75 Å². The van der Waals surface area contributed by atoms with Gasteiger partial charge in [-0.05, 0) is 61.9 Å². The first-order chi connectivity index (χ1) is 16.3. The lowest BCUT2D eigenvalue weighted by molar-refractivity contribution is 0.0614. The molecular formula is C28H31FO5. The second-order valence-electron chi connectivity index (χ2n) is 10.1. The molecule has 0 amide bonds. The fraction of sp³-hybridized carbons (Fsp3) is 0.464. The number of carboxylic acid groups (broad SMARTS) is 1. The Morgan fingerprint density at radius 3 is 2.59 bits per heavy atom. The maximum absolute atomic E-state index is 13.4. The van der Waals surface area contributed by atoms with Crippen LogP contribution in [0.25, 0.3) is 0 Å². The topological polar surface area (TPSA) is 87.0 Å². The highest BCUT2D eigenvalue weighted by molar-refractivity contribution is 5.90. The zero-order valence-electron chi connectivity index (χ0n) is 19.3. The quantitative estimate of drug-likeness (QED) is 0.563. The van der Waals surface area contributed by atoms with E-state index in [1.807, 2.05) is 18.2 Å². The summed E-state index contributed by atoms with van der Waals surface area (Å²) in [7, 11) is 0. The Bertz CT molecular complexity index is 1100. The molecule has 2 aliphatic carbocycles. The predicted octanol–water partition coefficient (Wildman–Crippen LogP) is 4.56. The zero-order chi connectivity index (χ0) is 24.0. The van der Waals surface area contributed by atoms with E-state index < -0.39 is 23.6 Å². The van der Waals surface area contributed by atoms with Crippen LogP contribution in [0.2, 0.25) is 0 Å². The van der Waals surface area contributed by atoms with Gasteiger partial charge in [0.15, 0.2) is 0 Å². The number of rotatable bonds is 5. The van der Waals surface area contributed by atoms with Crippen molar-refractivity contribution in [2.75, 3.05) is 0 Å². The van der Waals surface area contributed by atoms with Gasteiger partial charge in [0.05, 0.1) is 17.8 Å². The lowest BCUT2D eigenvalue weighted by Crippen LogP contribution is -2.44. The largest absolute Gasteiger partial charge is 0.489 e. The van der Waals surface area contributed by atoms with Crippen LogP contribution in [-0.4, -0.2) is 39.6 Å². The van der Waals surface area contributed by atoms with Crippen LogP contribution >= 0.6 is 0 Å². The van der Waals surface area contributed by atoms with Gasteiger partial charge in [-0.1, -0.05) is 36.8 Å². The van der Waals surface area contributed by atoms with E-state index in [0.29, 0.717) is 17.7 Å². The molecule has 180 valence electrons. The monoisotopic (exact) mass is 466 g/mol. The van der Waals surface area contributed by atoms with Crippen molar-refractivity contribution in [3.63, 3.8) is 0 Å². The highest BCUT2D eigenvalue weighted by atomic mass is 19.1. The van der Waals surface area contributed by atoms with Crippen LogP contribution in [0.3, 0.4) is 0 Å². The summed E-state index contributed by atoms with van der Waals surface area (Å²) in [5, 5.41) is 31.5. The van der Waals surface area contributed by atoms with E-state index in [9.17, 15) is 24.5 Å². The number of aliphatic hydroxyl groups excluding tert-OH is 2. The highest BCUT2D eigenvalue weighted by Gasteiger charge is 2.46. The number of carbonyl (C=O) groups is 1. The number of fused-ring (bicyclic) bond motifs is 2. The normalized spacial score (nSPS) is 28.4. The van der Waals surface area contributed by atoms with Crippen LogP contribution in [-0.2, 0) is 11.8 Å². The summed E-state index contributed by atoms with van der Waals surface area (Å²) in [6.07, 6.45) is 6.96. The molecule has 0 aromatic heterocycles. The Kier molecular flexibility index (Phi) is 5.98. The lowest BCUT2D eigenvalue weighted by Gasteiger charge is -2.45. The molecule has 0 spiro atoms. The summed E-state index contributed by atoms with van der Waals surface area (Å²) >= 11 is 0. The summed E-state index contributed by atoms with van der Waals surface area (Å²) in [4.78, 5) is 11.6. The molecule has 2 fully saturated rings. The third-order valence-corrected chi connectivity index (χ3v) is 8.37. The van der Waals surface area contributed by atoms with Crippen LogP contribution in [0.4, 0.5) is 4.39 Å². The Labute approximate surface area is 198 Å². The first-order valence-corrected chi connectivity index (χ1v) is 12.1. The Hall–Kier alpha value is -2.70. The van der Waals surface area contributed by atoms with Crippen molar-refractivity contribution in [2.24, 2.45) is 11.8 Å². The Morgan fingerprint density at radius 1 is 1.21 bits per heavy atom. The number of ether oxygens (including phenoxy) is 1. The number of aromatic carboxylic acids is 1. The molecule has 0 saturated heterocycles. The van der Waals surface area contributed by atoms with Crippen LogP contribution in [0.1, 0.15) is 59.2 Å². The van der Waals surface area contributed by atoms with Crippen molar-refractivity contribution in [2.45, 2.75) is 69.2 Å². The van der Waals surface area contributed by atoms with Crippen molar-refractivity contribution in [1.82, 2.24) is 0 Å². The van der Waals surface area contributed by atoms with Gasteiger partial charge in [0.25, 0.3) is 0 Å². The minimum Gasteiger partial charge on any atom is -0.489 e. The van der Waals surface area contributed by atoms with Crippen molar-refractivity contribution < 1.29 is 29.2 Å². The number of halogens is 1. The van der Waals surface area contributed by atoms with Crippen molar-refractivity contribution in [3.05, 3.63) is 76.6 Å². The van der Waals surface area contributed by atoms with E-state index in [0.717, 1.165) is 43.2 Å². The molecule has 0 radical (unpaired) electrons. The minimum absolute atomic E-state index is 0.0710. The molecule has 1 heterocycles. The lowest BCUT2D eigenvalue weighted by atomic mass is 9.61. The van der Waals surface area contributed by atoms with Crippen molar-refractivity contribution in [3.8, 4) is 5.75 Å². The highest BCUT2D eigenvalue weighted by Crippen LogP contribution is 2.48. The van der Waals surface area contributed by atoms with E-state index in [-0.39, 0.29) is 29.3 Å². The van der Waals surface area contributed by atoms with E-state index in [1.54, 1.807) is 25.1 Å². The standard InChI is InChI=1S/C28H31FO5/c1-16-20(27(32)33)9-3-17-4-10-22-21(23(30)15-24(22)34-26(16)17)11-12-25(31)28(13-2-14-28)18-5-7-19(29)8-6-18/h3,5-9,11-12,21-25,30-31H,2,4,10,13-15H2,1H3,(H,32,33)/b12-11+/t21-,22-,23-,24+,25?/m1/s1. The maximum atomic E-state index is 13.4. The van der Waals surface area contributed by atoms with Gasteiger partial charge in [-0.15, -0.1) is 0 Å². The second-order valence-corrected chi connectivity index (χ2v) is 10.1. The SMILES string of the molecule is Cc1c(C(=O)O)ccc2c1O[C@H]1C[C@@H](O)[C@H](/C=C/C(O)C3(c4ccc(F)cc4)CCC3)[C@H]1CC2. The van der Waals surface area contributed by atoms with E-state index in [1.165, 1.54) is 12.1 Å².